The summed E-state index contributed by atoms with van der Waals surface area (Å²) in [4.78, 5) is 47.7. The minimum absolute atomic E-state index is 0.0698. The first kappa shape index (κ1) is 25.6. The van der Waals surface area contributed by atoms with Crippen molar-refractivity contribution in [3.63, 3.8) is 0 Å². The number of carbonyl (C=O) groups excluding carboxylic acids is 3. The fourth-order valence-corrected chi connectivity index (χ4v) is 2.21. The van der Waals surface area contributed by atoms with Crippen LogP contribution in [0.2, 0.25) is 0 Å². The van der Waals surface area contributed by atoms with Gasteiger partial charge in [0, 0.05) is 12.8 Å². The zero-order valence-corrected chi connectivity index (χ0v) is 17.2. The first-order valence-corrected chi connectivity index (χ1v) is 9.68. The lowest BCUT2D eigenvalue weighted by Gasteiger charge is -2.23. The van der Waals surface area contributed by atoms with Crippen LogP contribution in [0.1, 0.15) is 79.1 Å². The molecule has 0 aromatic heterocycles. The molecule has 0 amide bonds. The van der Waals surface area contributed by atoms with Gasteiger partial charge in [0.15, 0.2) is 5.41 Å². The maximum atomic E-state index is 12.4. The monoisotopic (exact) mass is 400 g/mol. The molecule has 0 saturated carbocycles. The Bertz CT molecular complexity index is 530. The number of aliphatic carboxylic acids is 1. The SMILES string of the molecule is CC=CC(C)(C(=O)O)C(=O)OC(OC(=O)CCCCC)OC(=O)CCCCC. The predicted octanol–water partition coefficient (Wildman–Crippen LogP) is 3.73. The van der Waals surface area contributed by atoms with Crippen LogP contribution < -0.4 is 0 Å². The van der Waals surface area contributed by atoms with E-state index in [1.807, 2.05) is 13.8 Å². The molecule has 1 atom stereocenters. The second kappa shape index (κ2) is 13.7. The molecule has 0 aliphatic carbocycles. The zero-order chi connectivity index (χ0) is 21.6. The van der Waals surface area contributed by atoms with Gasteiger partial charge >= 0.3 is 30.4 Å². The highest BCUT2D eigenvalue weighted by atomic mass is 16.9. The second-order valence-corrected chi connectivity index (χ2v) is 6.60. The summed E-state index contributed by atoms with van der Waals surface area (Å²) >= 11 is 0. The number of ether oxygens (including phenoxy) is 3. The quantitative estimate of drug-likeness (QED) is 0.154. The fraction of sp³-hybridized carbons (Fsp3) is 0.700. The molecule has 0 rings (SSSR count). The van der Waals surface area contributed by atoms with Crippen molar-refractivity contribution in [1.29, 1.82) is 0 Å². The van der Waals surface area contributed by atoms with Crippen molar-refractivity contribution in [2.75, 3.05) is 0 Å². The molecule has 0 aliphatic heterocycles. The topological polar surface area (TPSA) is 116 Å². The normalized spacial score (nSPS) is 13.2. The van der Waals surface area contributed by atoms with Crippen molar-refractivity contribution in [3.05, 3.63) is 12.2 Å². The Kier molecular flexibility index (Phi) is 12.6. The number of carboxylic acid groups (broad SMARTS) is 1. The Morgan fingerprint density at radius 2 is 1.36 bits per heavy atom. The highest BCUT2D eigenvalue weighted by Crippen LogP contribution is 2.23. The van der Waals surface area contributed by atoms with Gasteiger partial charge in [0.25, 0.3) is 0 Å². The molecular weight excluding hydrogens is 368 g/mol. The molecule has 0 fully saturated rings. The second-order valence-electron chi connectivity index (χ2n) is 6.60. The van der Waals surface area contributed by atoms with Crippen molar-refractivity contribution in [3.8, 4) is 0 Å². The summed E-state index contributed by atoms with van der Waals surface area (Å²) in [6, 6.07) is 0. The summed E-state index contributed by atoms with van der Waals surface area (Å²) in [5.41, 5.74) is -2.00. The lowest BCUT2D eigenvalue weighted by Crippen LogP contribution is -2.40. The first-order valence-electron chi connectivity index (χ1n) is 9.68. The van der Waals surface area contributed by atoms with Gasteiger partial charge in [0.2, 0.25) is 0 Å². The van der Waals surface area contributed by atoms with E-state index in [1.54, 1.807) is 6.92 Å². The Balaban J connectivity index is 5.14. The summed E-state index contributed by atoms with van der Waals surface area (Å²) in [6.07, 6.45) is 7.25. The molecule has 0 aromatic rings. The van der Waals surface area contributed by atoms with Gasteiger partial charge in [-0.15, -0.1) is 0 Å². The number of rotatable bonds is 14. The number of carboxylic acids is 1. The van der Waals surface area contributed by atoms with Gasteiger partial charge in [-0.05, 0) is 26.7 Å². The number of hydrogen-bond donors (Lipinski definition) is 1. The molecule has 0 aliphatic rings. The van der Waals surface area contributed by atoms with Gasteiger partial charge in [-0.3, -0.25) is 19.2 Å². The number of hydrogen-bond acceptors (Lipinski definition) is 7. The average molecular weight is 400 g/mol. The van der Waals surface area contributed by atoms with Gasteiger partial charge in [0.05, 0.1) is 0 Å². The maximum absolute atomic E-state index is 12.4. The minimum atomic E-state index is -2.00. The van der Waals surface area contributed by atoms with E-state index in [-0.39, 0.29) is 12.8 Å². The summed E-state index contributed by atoms with van der Waals surface area (Å²) in [6.45, 7) is 4.72. The summed E-state index contributed by atoms with van der Waals surface area (Å²) < 4.78 is 14.8. The molecule has 0 spiro atoms. The average Bonchev–Trinajstić information content (AvgIpc) is 2.61. The molecule has 0 bridgehead atoms. The van der Waals surface area contributed by atoms with E-state index in [4.69, 9.17) is 14.2 Å². The summed E-state index contributed by atoms with van der Waals surface area (Å²) in [7, 11) is 0. The molecule has 160 valence electrons. The molecule has 1 N–H and O–H groups in total. The van der Waals surface area contributed by atoms with Crippen LogP contribution in [0.3, 0.4) is 0 Å². The first-order chi connectivity index (χ1) is 13.2. The minimum Gasteiger partial charge on any atom is -0.480 e. The Morgan fingerprint density at radius 1 is 0.893 bits per heavy atom. The number of allylic oxidation sites excluding steroid dienone is 1. The lowest BCUT2D eigenvalue weighted by atomic mass is 9.90. The van der Waals surface area contributed by atoms with Crippen molar-refractivity contribution >= 4 is 23.9 Å². The van der Waals surface area contributed by atoms with E-state index in [0.717, 1.165) is 38.7 Å². The molecule has 0 saturated heterocycles. The fourth-order valence-electron chi connectivity index (χ4n) is 2.21. The van der Waals surface area contributed by atoms with Crippen molar-refractivity contribution < 1.29 is 38.5 Å². The van der Waals surface area contributed by atoms with E-state index in [2.05, 4.69) is 0 Å². The molecule has 28 heavy (non-hydrogen) atoms. The van der Waals surface area contributed by atoms with Crippen LogP contribution in [-0.2, 0) is 33.4 Å². The zero-order valence-electron chi connectivity index (χ0n) is 17.2. The maximum Gasteiger partial charge on any atom is 0.412 e. The third-order valence-electron chi connectivity index (χ3n) is 4.00. The third kappa shape index (κ3) is 9.53. The van der Waals surface area contributed by atoms with E-state index in [1.165, 1.54) is 6.08 Å². The molecule has 0 aromatic carbocycles. The smallest absolute Gasteiger partial charge is 0.412 e. The van der Waals surface area contributed by atoms with Crippen LogP contribution in [0.4, 0.5) is 0 Å². The van der Waals surface area contributed by atoms with E-state index in [9.17, 15) is 24.3 Å². The van der Waals surface area contributed by atoms with Gasteiger partial charge in [-0.1, -0.05) is 51.7 Å². The standard InChI is InChI=1S/C20H32O8/c1-5-8-10-12-15(21)26-19(27-16(22)13-11-9-6-2)28-18(25)20(4,14-7-3)17(23)24/h7,14,19H,5-6,8-13H2,1-4H3,(H,23,24). The van der Waals surface area contributed by atoms with Crippen LogP contribution in [-0.4, -0.2) is 35.5 Å². The number of esters is 3. The summed E-state index contributed by atoms with van der Waals surface area (Å²) in [5.74, 6) is -4.05. The van der Waals surface area contributed by atoms with Gasteiger partial charge in [-0.2, -0.15) is 0 Å². The number of carbonyl (C=O) groups is 4. The molecule has 0 radical (unpaired) electrons. The van der Waals surface area contributed by atoms with Crippen LogP contribution in [0.25, 0.3) is 0 Å². The predicted molar refractivity (Wildman–Crippen MR) is 101 cm³/mol. The molecular formula is C20H32O8. The van der Waals surface area contributed by atoms with Crippen LogP contribution in [0.5, 0.6) is 0 Å². The van der Waals surface area contributed by atoms with Crippen molar-refractivity contribution in [1.82, 2.24) is 0 Å². The van der Waals surface area contributed by atoms with Crippen LogP contribution >= 0.6 is 0 Å². The molecule has 8 heteroatoms. The Hall–Kier alpha value is -2.38. The van der Waals surface area contributed by atoms with Crippen LogP contribution in [0.15, 0.2) is 12.2 Å². The van der Waals surface area contributed by atoms with E-state index >= 15 is 0 Å². The highest BCUT2D eigenvalue weighted by Gasteiger charge is 2.42. The van der Waals surface area contributed by atoms with E-state index in [0.29, 0.717) is 12.8 Å². The molecule has 8 nitrogen and oxygen atoms in total. The van der Waals surface area contributed by atoms with Crippen molar-refractivity contribution in [2.24, 2.45) is 5.41 Å². The van der Waals surface area contributed by atoms with E-state index < -0.39 is 35.8 Å². The van der Waals surface area contributed by atoms with Crippen molar-refractivity contribution in [2.45, 2.75) is 85.5 Å². The van der Waals surface area contributed by atoms with Gasteiger partial charge in [-0.25, -0.2) is 0 Å². The highest BCUT2D eigenvalue weighted by molar-refractivity contribution is 6.01. The lowest BCUT2D eigenvalue weighted by molar-refractivity contribution is -0.261. The number of unbranched alkanes of at least 4 members (excludes halogenated alkanes) is 4. The molecule has 1 unspecified atom stereocenters. The largest absolute Gasteiger partial charge is 0.480 e. The third-order valence-corrected chi connectivity index (χ3v) is 4.00. The Labute approximate surface area is 166 Å². The van der Waals surface area contributed by atoms with Gasteiger partial charge < -0.3 is 19.3 Å². The Morgan fingerprint density at radius 3 is 1.71 bits per heavy atom. The summed E-state index contributed by atoms with van der Waals surface area (Å²) in [5, 5.41) is 9.33. The van der Waals surface area contributed by atoms with Gasteiger partial charge in [0.1, 0.15) is 0 Å². The van der Waals surface area contributed by atoms with Crippen LogP contribution in [0, 0.1) is 5.41 Å². The molecule has 0 heterocycles.